The van der Waals surface area contributed by atoms with E-state index in [0.29, 0.717) is 11.4 Å². The van der Waals surface area contributed by atoms with E-state index in [-0.39, 0.29) is 17.6 Å². The number of thioether (sulfide) groups is 1. The lowest BCUT2D eigenvalue weighted by molar-refractivity contribution is -0.127. The van der Waals surface area contributed by atoms with E-state index in [1.54, 1.807) is 12.1 Å². The summed E-state index contributed by atoms with van der Waals surface area (Å²) in [6.45, 7) is 2.68. The van der Waals surface area contributed by atoms with E-state index in [2.05, 4.69) is 16.0 Å². The lowest BCUT2D eigenvalue weighted by Crippen LogP contribution is -2.46. The second-order valence-electron chi connectivity index (χ2n) is 4.74. The first-order valence-electron chi connectivity index (χ1n) is 7.02. The number of ether oxygens (including phenoxy) is 1. The summed E-state index contributed by atoms with van der Waals surface area (Å²) in [5.41, 5.74) is 0.584. The monoisotopic (exact) mass is 353 g/mol. The molecule has 0 saturated carbocycles. The third kappa shape index (κ3) is 7.14. The molecule has 0 aliphatic carbocycles. The molecule has 0 heterocycles. The summed E-state index contributed by atoms with van der Waals surface area (Å²) >= 11 is 0.773. The van der Waals surface area contributed by atoms with Gasteiger partial charge in [0.25, 0.3) is 0 Å². The summed E-state index contributed by atoms with van der Waals surface area (Å²) in [6, 6.07) is 5.44. The van der Waals surface area contributed by atoms with Crippen LogP contribution in [0.25, 0.3) is 0 Å². The van der Waals surface area contributed by atoms with Crippen molar-refractivity contribution in [2.24, 2.45) is 0 Å². The van der Waals surface area contributed by atoms with Crippen LogP contribution in [-0.4, -0.2) is 41.9 Å². The number of hydrogen-bond donors (Lipinski definition) is 3. The van der Waals surface area contributed by atoms with Crippen molar-refractivity contribution in [3.05, 3.63) is 24.3 Å². The summed E-state index contributed by atoms with van der Waals surface area (Å²) < 4.78 is 5.11. The molecule has 8 nitrogen and oxygen atoms in total. The molecule has 9 heteroatoms. The fourth-order valence-electron chi connectivity index (χ4n) is 1.69. The minimum Gasteiger partial charge on any atom is -0.418 e. The van der Waals surface area contributed by atoms with Crippen LogP contribution in [0, 0.1) is 0 Å². The average molecular weight is 353 g/mol. The molecule has 0 fully saturated rings. The van der Waals surface area contributed by atoms with E-state index in [1.807, 2.05) is 0 Å². The number of rotatable bonds is 6. The molecule has 0 aromatic heterocycles. The summed E-state index contributed by atoms with van der Waals surface area (Å²) in [5.74, 6) is -0.621. The first-order chi connectivity index (χ1) is 11.3. The van der Waals surface area contributed by atoms with Crippen LogP contribution in [0.1, 0.15) is 13.8 Å². The highest BCUT2D eigenvalue weighted by atomic mass is 32.2. The smallest absolute Gasteiger partial charge is 0.372 e. The highest BCUT2D eigenvalue weighted by Gasteiger charge is 2.20. The third-order valence-corrected chi connectivity index (χ3v) is 3.50. The van der Waals surface area contributed by atoms with E-state index in [1.165, 1.54) is 33.0 Å². The van der Waals surface area contributed by atoms with Crippen molar-refractivity contribution in [3.63, 3.8) is 0 Å². The van der Waals surface area contributed by atoms with Gasteiger partial charge in [-0.2, -0.15) is 0 Å². The first-order valence-corrected chi connectivity index (χ1v) is 8.01. The molecule has 24 heavy (non-hydrogen) atoms. The first kappa shape index (κ1) is 19.5. The highest BCUT2D eigenvalue weighted by molar-refractivity contribution is 8.13. The van der Waals surface area contributed by atoms with Gasteiger partial charge in [-0.15, -0.1) is 0 Å². The maximum atomic E-state index is 11.8. The molecule has 1 rings (SSSR count). The predicted molar refractivity (Wildman–Crippen MR) is 90.9 cm³/mol. The third-order valence-electron chi connectivity index (χ3n) is 2.68. The molecule has 130 valence electrons. The van der Waals surface area contributed by atoms with Gasteiger partial charge in [0.05, 0.1) is 0 Å². The Kier molecular flexibility index (Phi) is 7.76. The Balaban J connectivity index is 2.53. The second-order valence-corrected chi connectivity index (χ2v) is 5.69. The van der Waals surface area contributed by atoms with E-state index < -0.39 is 17.3 Å². The Bertz CT molecular complexity index is 618. The van der Waals surface area contributed by atoms with Crippen LogP contribution >= 0.6 is 11.8 Å². The van der Waals surface area contributed by atoms with Crippen molar-refractivity contribution < 1.29 is 23.9 Å². The van der Waals surface area contributed by atoms with Crippen LogP contribution in [0.3, 0.4) is 0 Å². The highest BCUT2D eigenvalue weighted by Crippen LogP contribution is 2.18. The van der Waals surface area contributed by atoms with Gasteiger partial charge in [-0.1, -0.05) is 0 Å². The zero-order valence-corrected chi connectivity index (χ0v) is 14.4. The van der Waals surface area contributed by atoms with Crippen molar-refractivity contribution in [2.45, 2.75) is 19.9 Å². The molecule has 1 aromatic carbocycles. The van der Waals surface area contributed by atoms with Gasteiger partial charge in [0, 0.05) is 32.3 Å². The summed E-state index contributed by atoms with van der Waals surface area (Å²) in [5, 5.41) is 6.85. The van der Waals surface area contributed by atoms with Gasteiger partial charge < -0.3 is 20.7 Å². The van der Waals surface area contributed by atoms with E-state index in [4.69, 9.17) is 4.74 Å². The Morgan fingerprint density at radius 3 is 2.21 bits per heavy atom. The molecule has 3 amide bonds. The number of amides is 3. The van der Waals surface area contributed by atoms with E-state index in [0.717, 1.165) is 11.8 Å². The number of anilines is 1. The number of hydrogen-bond acceptors (Lipinski definition) is 6. The van der Waals surface area contributed by atoms with Gasteiger partial charge in [-0.05, 0) is 36.0 Å². The largest absolute Gasteiger partial charge is 0.418 e. The molecular weight excluding hydrogens is 334 g/mol. The number of likely N-dealkylation sites (N-methyl/N-ethyl adjacent to an activating group) is 1. The maximum Gasteiger partial charge on any atom is 0.372 e. The fraction of sp³-hybridized carbons (Fsp3) is 0.333. The molecular formula is C15H19N3O5S. The number of carbonyl (C=O) groups is 4. The van der Waals surface area contributed by atoms with Gasteiger partial charge in [-0.3, -0.25) is 14.4 Å². The Morgan fingerprint density at radius 1 is 1.08 bits per heavy atom. The molecule has 3 N–H and O–H groups in total. The Hall–Kier alpha value is -2.55. The second kappa shape index (κ2) is 9.56. The quantitative estimate of drug-likeness (QED) is 0.661. The van der Waals surface area contributed by atoms with Gasteiger partial charge in [0.15, 0.2) is 0 Å². The standard InChI is InChI=1S/C15H19N3O5S/c1-9(19)17-11-4-6-12(7-5-11)23-15(22)24-8-13(14(21)16-3)18-10(2)20/h4-7,13H,8H2,1-3H3,(H,16,21)(H,17,19)(H,18,20)/t13-/m1/s1. The van der Waals surface area contributed by atoms with Crippen molar-refractivity contribution in [3.8, 4) is 5.75 Å². The van der Waals surface area contributed by atoms with Gasteiger partial charge >= 0.3 is 5.30 Å². The Labute approximate surface area is 143 Å². The minimum atomic E-state index is -0.827. The maximum absolute atomic E-state index is 11.8. The predicted octanol–water partition coefficient (Wildman–Crippen LogP) is 1.13. The van der Waals surface area contributed by atoms with Crippen molar-refractivity contribution >= 4 is 40.5 Å². The zero-order chi connectivity index (χ0) is 18.1. The molecule has 0 spiro atoms. The van der Waals surface area contributed by atoms with Crippen molar-refractivity contribution in [2.75, 3.05) is 18.1 Å². The van der Waals surface area contributed by atoms with Crippen LogP contribution in [0.4, 0.5) is 10.5 Å². The summed E-state index contributed by atoms with van der Waals surface area (Å²) in [6.07, 6.45) is 0. The number of nitrogens with one attached hydrogen (secondary N) is 3. The normalized spacial score (nSPS) is 11.1. The lowest BCUT2D eigenvalue weighted by Gasteiger charge is -2.15. The molecule has 0 unspecified atom stereocenters. The molecule has 1 atom stereocenters. The van der Waals surface area contributed by atoms with Crippen molar-refractivity contribution in [1.29, 1.82) is 0 Å². The minimum absolute atomic E-state index is 0.0437. The average Bonchev–Trinajstić information content (AvgIpc) is 2.51. The van der Waals surface area contributed by atoms with Crippen LogP contribution in [0.5, 0.6) is 5.75 Å². The molecule has 0 aliphatic rings. The molecule has 0 aliphatic heterocycles. The SMILES string of the molecule is CNC(=O)[C@@H](CSC(=O)Oc1ccc(NC(C)=O)cc1)NC(C)=O. The van der Waals surface area contributed by atoms with E-state index >= 15 is 0 Å². The summed E-state index contributed by atoms with van der Waals surface area (Å²) in [4.78, 5) is 45.4. The molecule has 0 bridgehead atoms. The zero-order valence-electron chi connectivity index (χ0n) is 13.5. The van der Waals surface area contributed by atoms with Gasteiger partial charge in [0.1, 0.15) is 11.8 Å². The summed E-state index contributed by atoms with van der Waals surface area (Å²) in [7, 11) is 1.44. The van der Waals surface area contributed by atoms with Crippen molar-refractivity contribution in [1.82, 2.24) is 10.6 Å². The van der Waals surface area contributed by atoms with Gasteiger partial charge in [0.2, 0.25) is 17.7 Å². The van der Waals surface area contributed by atoms with Gasteiger partial charge in [-0.25, -0.2) is 4.79 Å². The van der Waals surface area contributed by atoms with Crippen LogP contribution in [0.15, 0.2) is 24.3 Å². The molecule has 0 radical (unpaired) electrons. The number of benzene rings is 1. The van der Waals surface area contributed by atoms with E-state index in [9.17, 15) is 19.2 Å². The molecule has 0 saturated heterocycles. The fourth-order valence-corrected chi connectivity index (χ4v) is 2.38. The number of carbonyl (C=O) groups excluding carboxylic acids is 4. The Morgan fingerprint density at radius 2 is 1.71 bits per heavy atom. The van der Waals surface area contributed by atoms with Crippen LogP contribution in [-0.2, 0) is 14.4 Å². The van der Waals surface area contributed by atoms with Crippen LogP contribution < -0.4 is 20.7 Å². The lowest BCUT2D eigenvalue weighted by atomic mass is 10.3. The van der Waals surface area contributed by atoms with Crippen LogP contribution in [0.2, 0.25) is 0 Å². The topological polar surface area (TPSA) is 114 Å². The molecule has 1 aromatic rings.